The zero-order chi connectivity index (χ0) is 16.4. The average Bonchev–Trinajstić information content (AvgIpc) is 3.09. The summed E-state index contributed by atoms with van der Waals surface area (Å²) in [7, 11) is 0. The predicted molar refractivity (Wildman–Crippen MR) is 82.2 cm³/mol. The van der Waals surface area contributed by atoms with E-state index < -0.39 is 12.0 Å². The van der Waals surface area contributed by atoms with Gasteiger partial charge in [-0.05, 0) is 43.0 Å². The molecule has 0 radical (unpaired) electrons. The first-order valence-electron chi connectivity index (χ1n) is 7.57. The van der Waals surface area contributed by atoms with Gasteiger partial charge in [-0.3, -0.25) is 4.79 Å². The molecule has 0 saturated carbocycles. The SMILES string of the molecule is CC1CCN(C(=O)c2ccc(-n3ccnn3)cc2)C(C(=O)O)C1. The van der Waals surface area contributed by atoms with E-state index in [0.717, 1.165) is 12.1 Å². The van der Waals surface area contributed by atoms with Crippen LogP contribution in [0.15, 0.2) is 36.7 Å². The summed E-state index contributed by atoms with van der Waals surface area (Å²) in [6, 6.07) is 6.17. The second kappa shape index (κ2) is 6.20. The second-order valence-corrected chi connectivity index (χ2v) is 5.88. The summed E-state index contributed by atoms with van der Waals surface area (Å²) in [5.74, 6) is -0.867. The summed E-state index contributed by atoms with van der Waals surface area (Å²) in [6.07, 6.45) is 4.61. The Morgan fingerprint density at radius 2 is 2.00 bits per heavy atom. The van der Waals surface area contributed by atoms with Crippen LogP contribution in [0.4, 0.5) is 0 Å². The van der Waals surface area contributed by atoms with Crippen molar-refractivity contribution in [1.29, 1.82) is 0 Å². The Morgan fingerprint density at radius 3 is 2.61 bits per heavy atom. The number of rotatable bonds is 3. The summed E-state index contributed by atoms with van der Waals surface area (Å²) >= 11 is 0. The molecule has 1 aromatic carbocycles. The van der Waals surface area contributed by atoms with E-state index in [4.69, 9.17) is 0 Å². The first-order chi connectivity index (χ1) is 11.1. The summed E-state index contributed by atoms with van der Waals surface area (Å²) in [5.41, 5.74) is 1.27. The molecule has 0 aliphatic carbocycles. The zero-order valence-corrected chi connectivity index (χ0v) is 12.8. The van der Waals surface area contributed by atoms with Crippen LogP contribution in [-0.4, -0.2) is 49.5 Å². The monoisotopic (exact) mass is 314 g/mol. The van der Waals surface area contributed by atoms with Crippen LogP contribution in [0.2, 0.25) is 0 Å². The van der Waals surface area contributed by atoms with Crippen molar-refractivity contribution < 1.29 is 14.7 Å². The van der Waals surface area contributed by atoms with Crippen molar-refractivity contribution in [3.05, 3.63) is 42.2 Å². The van der Waals surface area contributed by atoms with Gasteiger partial charge in [-0.2, -0.15) is 0 Å². The molecule has 2 atom stereocenters. The highest BCUT2D eigenvalue weighted by molar-refractivity contribution is 5.96. The van der Waals surface area contributed by atoms with Gasteiger partial charge in [0.15, 0.2) is 0 Å². The Kier molecular flexibility index (Phi) is 4.10. The van der Waals surface area contributed by atoms with Crippen molar-refractivity contribution in [3.8, 4) is 5.69 Å². The molecular formula is C16H18N4O3. The maximum atomic E-state index is 12.6. The van der Waals surface area contributed by atoms with Gasteiger partial charge in [-0.1, -0.05) is 12.1 Å². The fourth-order valence-electron chi connectivity index (χ4n) is 2.89. The van der Waals surface area contributed by atoms with Crippen LogP contribution in [0.5, 0.6) is 0 Å². The summed E-state index contributed by atoms with van der Waals surface area (Å²) in [5, 5.41) is 17.0. The third-order valence-corrected chi connectivity index (χ3v) is 4.21. The molecule has 2 unspecified atom stereocenters. The quantitative estimate of drug-likeness (QED) is 0.929. The van der Waals surface area contributed by atoms with Gasteiger partial charge < -0.3 is 10.0 Å². The number of benzene rings is 1. The molecule has 0 spiro atoms. The normalized spacial score (nSPS) is 21.2. The topological polar surface area (TPSA) is 88.3 Å². The van der Waals surface area contributed by atoms with Crippen molar-refractivity contribution in [3.63, 3.8) is 0 Å². The molecule has 3 rings (SSSR count). The van der Waals surface area contributed by atoms with E-state index in [2.05, 4.69) is 10.3 Å². The number of likely N-dealkylation sites (tertiary alicyclic amines) is 1. The average molecular weight is 314 g/mol. The molecule has 23 heavy (non-hydrogen) atoms. The molecule has 1 aliphatic rings. The van der Waals surface area contributed by atoms with Crippen LogP contribution < -0.4 is 0 Å². The third kappa shape index (κ3) is 3.08. The van der Waals surface area contributed by atoms with Crippen LogP contribution >= 0.6 is 0 Å². The van der Waals surface area contributed by atoms with Gasteiger partial charge in [-0.15, -0.1) is 5.10 Å². The molecule has 1 aliphatic heterocycles. The van der Waals surface area contributed by atoms with E-state index >= 15 is 0 Å². The third-order valence-electron chi connectivity index (χ3n) is 4.21. The van der Waals surface area contributed by atoms with E-state index in [1.54, 1.807) is 41.3 Å². The minimum Gasteiger partial charge on any atom is -0.480 e. The number of aromatic nitrogens is 3. The minimum absolute atomic E-state index is 0.241. The Labute approximate surface area is 133 Å². The molecule has 1 N–H and O–H groups in total. The lowest BCUT2D eigenvalue weighted by molar-refractivity contribution is -0.144. The Hall–Kier alpha value is -2.70. The largest absolute Gasteiger partial charge is 0.480 e. The van der Waals surface area contributed by atoms with Crippen molar-refractivity contribution in [1.82, 2.24) is 19.9 Å². The highest BCUT2D eigenvalue weighted by Gasteiger charge is 2.35. The summed E-state index contributed by atoms with van der Waals surface area (Å²) < 4.78 is 1.59. The molecule has 2 aromatic rings. The number of carboxylic acids is 1. The molecule has 120 valence electrons. The van der Waals surface area contributed by atoms with Crippen molar-refractivity contribution >= 4 is 11.9 Å². The fourth-order valence-corrected chi connectivity index (χ4v) is 2.89. The number of aliphatic carboxylic acids is 1. The Balaban J connectivity index is 1.80. The fraction of sp³-hybridized carbons (Fsp3) is 0.375. The predicted octanol–water partition coefficient (Wildman–Crippen LogP) is 1.59. The number of piperidine rings is 1. The number of carbonyl (C=O) groups excluding carboxylic acids is 1. The maximum absolute atomic E-state index is 12.6. The van der Waals surface area contributed by atoms with Gasteiger partial charge in [0.25, 0.3) is 5.91 Å². The molecular weight excluding hydrogens is 296 g/mol. The number of hydrogen-bond acceptors (Lipinski definition) is 4. The van der Waals surface area contributed by atoms with E-state index in [-0.39, 0.29) is 5.91 Å². The Bertz CT molecular complexity index is 697. The molecule has 1 amide bonds. The maximum Gasteiger partial charge on any atom is 0.326 e. The molecule has 0 bridgehead atoms. The van der Waals surface area contributed by atoms with Crippen LogP contribution in [0.3, 0.4) is 0 Å². The van der Waals surface area contributed by atoms with Crippen LogP contribution in [0.25, 0.3) is 5.69 Å². The second-order valence-electron chi connectivity index (χ2n) is 5.88. The molecule has 7 heteroatoms. The van der Waals surface area contributed by atoms with Crippen molar-refractivity contribution in [2.45, 2.75) is 25.8 Å². The van der Waals surface area contributed by atoms with Gasteiger partial charge in [0.05, 0.1) is 18.1 Å². The van der Waals surface area contributed by atoms with Gasteiger partial charge in [-0.25, -0.2) is 9.48 Å². The van der Waals surface area contributed by atoms with Gasteiger partial charge in [0.1, 0.15) is 6.04 Å². The van der Waals surface area contributed by atoms with Crippen LogP contribution in [0, 0.1) is 5.92 Å². The zero-order valence-electron chi connectivity index (χ0n) is 12.8. The standard InChI is InChI=1S/C16H18N4O3/c1-11-6-8-19(14(10-11)16(22)23)15(21)12-2-4-13(5-3-12)20-9-7-17-18-20/h2-5,7,9,11,14H,6,8,10H2,1H3,(H,22,23). The van der Waals surface area contributed by atoms with E-state index in [1.807, 2.05) is 6.92 Å². The summed E-state index contributed by atoms with van der Waals surface area (Å²) in [6.45, 7) is 2.49. The molecule has 2 heterocycles. The number of nitrogens with zero attached hydrogens (tertiary/aromatic N) is 4. The highest BCUT2D eigenvalue weighted by atomic mass is 16.4. The number of carboxylic acid groups (broad SMARTS) is 1. The minimum atomic E-state index is -0.941. The first-order valence-corrected chi connectivity index (χ1v) is 7.57. The van der Waals surface area contributed by atoms with Gasteiger partial charge in [0.2, 0.25) is 0 Å². The summed E-state index contributed by atoms with van der Waals surface area (Å²) in [4.78, 5) is 25.6. The first kappa shape index (κ1) is 15.2. The lowest BCUT2D eigenvalue weighted by Crippen LogP contribution is -2.49. The van der Waals surface area contributed by atoms with Crippen LogP contribution in [-0.2, 0) is 4.79 Å². The van der Waals surface area contributed by atoms with E-state index in [1.165, 1.54) is 4.90 Å². The van der Waals surface area contributed by atoms with Crippen LogP contribution in [0.1, 0.15) is 30.1 Å². The highest BCUT2D eigenvalue weighted by Crippen LogP contribution is 2.24. The van der Waals surface area contributed by atoms with Gasteiger partial charge >= 0.3 is 5.97 Å². The Morgan fingerprint density at radius 1 is 1.26 bits per heavy atom. The van der Waals surface area contributed by atoms with Crippen molar-refractivity contribution in [2.24, 2.45) is 5.92 Å². The molecule has 1 saturated heterocycles. The lowest BCUT2D eigenvalue weighted by Gasteiger charge is -2.36. The molecule has 7 nitrogen and oxygen atoms in total. The number of hydrogen-bond donors (Lipinski definition) is 1. The molecule has 1 fully saturated rings. The van der Waals surface area contributed by atoms with E-state index in [9.17, 15) is 14.7 Å². The van der Waals surface area contributed by atoms with E-state index in [0.29, 0.717) is 24.4 Å². The number of carbonyl (C=O) groups is 2. The number of amides is 1. The smallest absolute Gasteiger partial charge is 0.326 e. The molecule has 1 aromatic heterocycles. The van der Waals surface area contributed by atoms with Crippen molar-refractivity contribution in [2.75, 3.05) is 6.54 Å². The lowest BCUT2D eigenvalue weighted by atomic mass is 9.92. The van der Waals surface area contributed by atoms with Gasteiger partial charge in [0, 0.05) is 12.1 Å².